The van der Waals surface area contributed by atoms with Gasteiger partial charge in [-0.2, -0.15) is 0 Å². The minimum atomic E-state index is -0.515. The Hall–Kier alpha value is -1.12. The van der Waals surface area contributed by atoms with Crippen molar-refractivity contribution in [1.29, 1.82) is 0 Å². The van der Waals surface area contributed by atoms with E-state index in [2.05, 4.69) is 0 Å². The van der Waals surface area contributed by atoms with E-state index in [4.69, 9.17) is 5.73 Å². The van der Waals surface area contributed by atoms with Crippen LogP contribution >= 0.6 is 0 Å². The van der Waals surface area contributed by atoms with E-state index in [9.17, 15) is 8.78 Å². The Kier molecular flexibility index (Phi) is 1.53. The smallest absolute Gasteiger partial charge is 0.146 e. The first kappa shape index (κ1) is 7.53. The van der Waals surface area contributed by atoms with Gasteiger partial charge in [0.25, 0.3) is 0 Å². The normalized spacial score (nSPS) is 16.5. The van der Waals surface area contributed by atoms with Crippen LogP contribution in [0.2, 0.25) is 0 Å². The molecule has 0 radical (unpaired) electrons. The lowest BCUT2D eigenvalue weighted by Crippen LogP contribution is -1.95. The molecule has 2 rings (SSSR count). The molecular formula is C9H9F2N. The van der Waals surface area contributed by atoms with Crippen LogP contribution in [0.3, 0.4) is 0 Å². The van der Waals surface area contributed by atoms with Crippen molar-refractivity contribution in [3.8, 4) is 0 Å². The number of anilines is 1. The Labute approximate surface area is 69.2 Å². The summed E-state index contributed by atoms with van der Waals surface area (Å²) in [6.45, 7) is 0. The molecule has 64 valence electrons. The molecule has 1 saturated carbocycles. The van der Waals surface area contributed by atoms with E-state index in [1.165, 1.54) is 6.07 Å². The fourth-order valence-electron chi connectivity index (χ4n) is 1.28. The molecule has 0 bridgehead atoms. The van der Waals surface area contributed by atoms with E-state index in [0.717, 1.165) is 18.9 Å². The monoisotopic (exact) mass is 169 g/mol. The van der Waals surface area contributed by atoms with Gasteiger partial charge in [-0.05, 0) is 30.4 Å². The van der Waals surface area contributed by atoms with Gasteiger partial charge in [-0.1, -0.05) is 0 Å². The largest absolute Gasteiger partial charge is 0.396 e. The first-order valence-corrected chi connectivity index (χ1v) is 3.93. The van der Waals surface area contributed by atoms with Crippen LogP contribution in [-0.2, 0) is 0 Å². The number of nitrogens with two attached hydrogens (primary N) is 1. The van der Waals surface area contributed by atoms with Gasteiger partial charge in [0.15, 0.2) is 0 Å². The Bertz CT molecular complexity index is 319. The molecule has 1 fully saturated rings. The maximum absolute atomic E-state index is 13.1. The molecule has 1 aromatic carbocycles. The van der Waals surface area contributed by atoms with Crippen molar-refractivity contribution in [2.24, 2.45) is 0 Å². The fourth-order valence-corrected chi connectivity index (χ4v) is 1.28. The van der Waals surface area contributed by atoms with Crippen molar-refractivity contribution in [1.82, 2.24) is 0 Å². The van der Waals surface area contributed by atoms with E-state index in [1.54, 1.807) is 0 Å². The molecule has 0 spiro atoms. The molecule has 1 aliphatic rings. The third-order valence-corrected chi connectivity index (χ3v) is 2.13. The summed E-state index contributed by atoms with van der Waals surface area (Å²) in [6.07, 6.45) is 1.92. The number of hydrogen-bond donors (Lipinski definition) is 1. The summed E-state index contributed by atoms with van der Waals surface area (Å²) in [6, 6.07) is 2.27. The quantitative estimate of drug-likeness (QED) is 0.642. The highest BCUT2D eigenvalue weighted by molar-refractivity contribution is 5.43. The van der Waals surface area contributed by atoms with Gasteiger partial charge in [-0.25, -0.2) is 8.78 Å². The molecule has 2 N–H and O–H groups in total. The fraction of sp³-hybridized carbons (Fsp3) is 0.333. The Morgan fingerprint density at radius 3 is 2.42 bits per heavy atom. The standard InChI is InChI=1S/C9H9F2N/c10-7-4-9(12)8(11)3-6(7)5-1-2-5/h3-5H,1-2,12H2. The third-order valence-electron chi connectivity index (χ3n) is 2.13. The number of benzene rings is 1. The molecule has 3 heteroatoms. The van der Waals surface area contributed by atoms with Crippen molar-refractivity contribution in [2.45, 2.75) is 18.8 Å². The average molecular weight is 169 g/mol. The zero-order valence-corrected chi connectivity index (χ0v) is 6.48. The van der Waals surface area contributed by atoms with Gasteiger partial charge in [0.2, 0.25) is 0 Å². The molecule has 1 nitrogen and oxygen atoms in total. The van der Waals surface area contributed by atoms with Crippen LogP contribution in [0.1, 0.15) is 24.3 Å². The van der Waals surface area contributed by atoms with Gasteiger partial charge >= 0.3 is 0 Å². The second-order valence-electron chi connectivity index (χ2n) is 3.17. The lowest BCUT2D eigenvalue weighted by atomic mass is 10.1. The first-order chi connectivity index (χ1) is 5.68. The van der Waals surface area contributed by atoms with Crippen molar-refractivity contribution in [3.63, 3.8) is 0 Å². The zero-order valence-electron chi connectivity index (χ0n) is 6.48. The van der Waals surface area contributed by atoms with Gasteiger partial charge in [-0.3, -0.25) is 0 Å². The predicted octanol–water partition coefficient (Wildman–Crippen LogP) is 2.42. The van der Waals surface area contributed by atoms with Crippen molar-refractivity contribution < 1.29 is 8.78 Å². The van der Waals surface area contributed by atoms with Crippen molar-refractivity contribution in [2.75, 3.05) is 5.73 Å². The third kappa shape index (κ3) is 1.15. The molecule has 0 aliphatic heterocycles. The minimum Gasteiger partial charge on any atom is -0.396 e. The second kappa shape index (κ2) is 2.44. The maximum atomic E-state index is 13.1. The number of rotatable bonds is 1. The summed E-state index contributed by atoms with van der Waals surface area (Å²) in [5.74, 6) is -0.671. The van der Waals surface area contributed by atoms with Crippen LogP contribution in [0.25, 0.3) is 0 Å². The van der Waals surface area contributed by atoms with Gasteiger partial charge < -0.3 is 5.73 Å². The lowest BCUT2D eigenvalue weighted by Gasteiger charge is -2.02. The molecule has 1 aliphatic carbocycles. The van der Waals surface area contributed by atoms with Crippen molar-refractivity contribution in [3.05, 3.63) is 29.3 Å². The van der Waals surface area contributed by atoms with Gasteiger partial charge in [0.1, 0.15) is 11.6 Å². The van der Waals surface area contributed by atoms with Crippen LogP contribution in [0, 0.1) is 11.6 Å². The number of hydrogen-bond acceptors (Lipinski definition) is 1. The number of halogens is 2. The summed E-state index contributed by atoms with van der Waals surface area (Å²) in [5.41, 5.74) is 5.55. The van der Waals surface area contributed by atoms with E-state index in [1.807, 2.05) is 0 Å². The molecule has 0 atom stereocenters. The Morgan fingerprint density at radius 2 is 1.83 bits per heavy atom. The zero-order chi connectivity index (χ0) is 8.72. The van der Waals surface area contributed by atoms with Gasteiger partial charge in [0, 0.05) is 6.07 Å². The van der Waals surface area contributed by atoms with Crippen LogP contribution in [0.4, 0.5) is 14.5 Å². The molecule has 1 aromatic rings. The van der Waals surface area contributed by atoms with Crippen LogP contribution in [0.15, 0.2) is 12.1 Å². The molecule has 0 aromatic heterocycles. The molecule has 0 unspecified atom stereocenters. The maximum Gasteiger partial charge on any atom is 0.146 e. The van der Waals surface area contributed by atoms with Gasteiger partial charge in [0.05, 0.1) is 5.69 Å². The van der Waals surface area contributed by atoms with E-state index in [-0.39, 0.29) is 17.4 Å². The van der Waals surface area contributed by atoms with Crippen LogP contribution < -0.4 is 5.73 Å². The lowest BCUT2D eigenvalue weighted by molar-refractivity contribution is 0.589. The summed E-state index contributed by atoms with van der Waals surface area (Å²) < 4.78 is 25.9. The van der Waals surface area contributed by atoms with Gasteiger partial charge in [-0.15, -0.1) is 0 Å². The molecule has 0 amide bonds. The van der Waals surface area contributed by atoms with Crippen molar-refractivity contribution >= 4 is 5.69 Å². The Balaban J connectivity index is 2.47. The Morgan fingerprint density at radius 1 is 1.17 bits per heavy atom. The second-order valence-corrected chi connectivity index (χ2v) is 3.17. The highest BCUT2D eigenvalue weighted by atomic mass is 19.1. The SMILES string of the molecule is Nc1cc(F)c(C2CC2)cc1F. The summed E-state index contributed by atoms with van der Waals surface area (Å²) >= 11 is 0. The van der Waals surface area contributed by atoms with Crippen LogP contribution in [0.5, 0.6) is 0 Å². The highest BCUT2D eigenvalue weighted by Crippen LogP contribution is 2.41. The summed E-state index contributed by atoms with van der Waals surface area (Å²) in [7, 11) is 0. The molecule has 0 saturated heterocycles. The number of nitrogen functional groups attached to an aromatic ring is 1. The average Bonchev–Trinajstić information content (AvgIpc) is 2.79. The summed E-state index contributed by atoms with van der Waals surface area (Å²) in [4.78, 5) is 0. The van der Waals surface area contributed by atoms with Crippen LogP contribution in [-0.4, -0.2) is 0 Å². The highest BCUT2D eigenvalue weighted by Gasteiger charge is 2.27. The van der Waals surface area contributed by atoms with E-state index in [0.29, 0.717) is 5.56 Å². The summed E-state index contributed by atoms with van der Waals surface area (Å²) in [5, 5.41) is 0. The molecular weight excluding hydrogens is 160 g/mol. The first-order valence-electron chi connectivity index (χ1n) is 3.93. The predicted molar refractivity (Wildman–Crippen MR) is 42.7 cm³/mol. The topological polar surface area (TPSA) is 26.0 Å². The van der Waals surface area contributed by atoms with E-state index >= 15 is 0 Å². The molecule has 12 heavy (non-hydrogen) atoms. The van der Waals surface area contributed by atoms with E-state index < -0.39 is 5.82 Å². The minimum absolute atomic E-state index is 0.114. The molecule has 0 heterocycles.